The van der Waals surface area contributed by atoms with Crippen LogP contribution < -0.4 is 14.8 Å². The third-order valence-corrected chi connectivity index (χ3v) is 3.68. The van der Waals surface area contributed by atoms with Crippen LogP contribution in [-0.2, 0) is 9.53 Å². The van der Waals surface area contributed by atoms with Crippen molar-refractivity contribution in [1.29, 1.82) is 0 Å². The van der Waals surface area contributed by atoms with E-state index < -0.39 is 12.1 Å². The zero-order valence-corrected chi connectivity index (χ0v) is 13.4. The van der Waals surface area contributed by atoms with Gasteiger partial charge in [0.2, 0.25) is 5.91 Å². The number of carbonyl (C=O) groups is 2. The number of methoxy groups -OCH3 is 2. The molecule has 7 nitrogen and oxygen atoms in total. The molecular formula is C16H22N2O5. The maximum absolute atomic E-state index is 12.2. The highest BCUT2D eigenvalue weighted by atomic mass is 16.5. The van der Waals surface area contributed by atoms with Crippen LogP contribution in [0, 0.1) is 0 Å². The predicted molar refractivity (Wildman–Crippen MR) is 83.6 cm³/mol. The third-order valence-electron chi connectivity index (χ3n) is 3.68. The first-order valence-corrected chi connectivity index (χ1v) is 7.55. The lowest BCUT2D eigenvalue weighted by Crippen LogP contribution is -2.46. The van der Waals surface area contributed by atoms with Crippen molar-refractivity contribution in [3.63, 3.8) is 0 Å². The Morgan fingerprint density at radius 1 is 1.30 bits per heavy atom. The molecule has 0 unspecified atom stereocenters. The minimum Gasteiger partial charge on any atom is -0.497 e. The number of hydrogen-bond donors (Lipinski definition) is 1. The summed E-state index contributed by atoms with van der Waals surface area (Å²) >= 11 is 0. The van der Waals surface area contributed by atoms with Crippen LogP contribution in [0.2, 0.25) is 0 Å². The summed E-state index contributed by atoms with van der Waals surface area (Å²) in [5.41, 5.74) is 0. The molecule has 0 bridgehead atoms. The van der Waals surface area contributed by atoms with E-state index in [9.17, 15) is 9.59 Å². The predicted octanol–water partition coefficient (Wildman–Crippen LogP) is 1.42. The fourth-order valence-electron chi connectivity index (χ4n) is 2.53. The summed E-state index contributed by atoms with van der Waals surface area (Å²) in [5.74, 6) is 1.21. The summed E-state index contributed by atoms with van der Waals surface area (Å²) in [7, 11) is 2.91. The van der Waals surface area contributed by atoms with E-state index in [1.807, 2.05) is 18.2 Å². The third kappa shape index (κ3) is 4.51. The highest BCUT2D eigenvalue weighted by Crippen LogP contribution is 2.19. The van der Waals surface area contributed by atoms with Crippen LogP contribution in [0.1, 0.15) is 12.8 Å². The highest BCUT2D eigenvalue weighted by molar-refractivity contribution is 5.86. The van der Waals surface area contributed by atoms with E-state index in [0.717, 1.165) is 6.42 Å². The van der Waals surface area contributed by atoms with E-state index in [4.69, 9.17) is 14.2 Å². The van der Waals surface area contributed by atoms with Gasteiger partial charge in [0.1, 0.15) is 24.1 Å². The molecule has 126 valence electrons. The maximum Gasteiger partial charge on any atom is 0.410 e. The average Bonchev–Trinajstić information content (AvgIpc) is 3.07. The van der Waals surface area contributed by atoms with Gasteiger partial charge >= 0.3 is 6.09 Å². The van der Waals surface area contributed by atoms with Crippen molar-refractivity contribution in [2.75, 3.05) is 33.9 Å². The summed E-state index contributed by atoms with van der Waals surface area (Å²) in [5, 5.41) is 2.79. The first-order chi connectivity index (χ1) is 11.2. The summed E-state index contributed by atoms with van der Waals surface area (Å²) in [6, 6.07) is 6.80. The van der Waals surface area contributed by atoms with Gasteiger partial charge in [0.05, 0.1) is 20.8 Å². The number of benzene rings is 1. The number of likely N-dealkylation sites (tertiary alicyclic amines) is 1. The van der Waals surface area contributed by atoms with Gasteiger partial charge in [-0.3, -0.25) is 9.69 Å². The molecule has 2 amide bonds. The van der Waals surface area contributed by atoms with Gasteiger partial charge in [-0.05, 0) is 25.0 Å². The van der Waals surface area contributed by atoms with Crippen molar-refractivity contribution in [2.24, 2.45) is 0 Å². The quantitative estimate of drug-likeness (QED) is 0.802. The smallest absolute Gasteiger partial charge is 0.410 e. The zero-order chi connectivity index (χ0) is 16.7. The van der Waals surface area contributed by atoms with Crippen LogP contribution in [0.25, 0.3) is 0 Å². The van der Waals surface area contributed by atoms with Crippen molar-refractivity contribution >= 4 is 12.0 Å². The molecule has 1 heterocycles. The molecule has 1 aromatic carbocycles. The van der Waals surface area contributed by atoms with Crippen LogP contribution in [0.4, 0.5) is 4.79 Å². The molecule has 0 aliphatic carbocycles. The molecule has 1 aliphatic rings. The molecule has 1 aliphatic heterocycles. The Labute approximate surface area is 135 Å². The summed E-state index contributed by atoms with van der Waals surface area (Å²) in [6.07, 6.45) is 0.987. The van der Waals surface area contributed by atoms with Gasteiger partial charge in [0.15, 0.2) is 0 Å². The van der Waals surface area contributed by atoms with Crippen LogP contribution in [0.3, 0.4) is 0 Å². The topological polar surface area (TPSA) is 77.1 Å². The van der Waals surface area contributed by atoms with Gasteiger partial charge in [-0.25, -0.2) is 4.79 Å². The number of nitrogens with one attached hydrogen (secondary N) is 1. The number of carbonyl (C=O) groups excluding carboxylic acids is 2. The Hall–Kier alpha value is -2.44. The average molecular weight is 322 g/mol. The molecule has 1 saturated heterocycles. The first-order valence-electron chi connectivity index (χ1n) is 7.55. The molecule has 0 saturated carbocycles. The number of ether oxygens (including phenoxy) is 3. The second-order valence-electron chi connectivity index (χ2n) is 5.14. The number of amides is 2. The van der Waals surface area contributed by atoms with Crippen molar-refractivity contribution in [3.8, 4) is 11.5 Å². The fourth-order valence-corrected chi connectivity index (χ4v) is 2.53. The van der Waals surface area contributed by atoms with Gasteiger partial charge in [-0.1, -0.05) is 6.07 Å². The Morgan fingerprint density at radius 3 is 2.83 bits per heavy atom. The molecule has 23 heavy (non-hydrogen) atoms. The summed E-state index contributed by atoms with van der Waals surface area (Å²) in [6.45, 7) is 1.25. The molecule has 2 rings (SSSR count). The molecule has 0 aromatic heterocycles. The van der Waals surface area contributed by atoms with Gasteiger partial charge in [0, 0.05) is 12.6 Å². The van der Waals surface area contributed by atoms with Crippen molar-refractivity contribution < 1.29 is 23.8 Å². The first kappa shape index (κ1) is 16.9. The second-order valence-corrected chi connectivity index (χ2v) is 5.14. The molecule has 1 fully saturated rings. The summed E-state index contributed by atoms with van der Waals surface area (Å²) in [4.78, 5) is 25.2. The molecule has 1 atom stereocenters. The lowest BCUT2D eigenvalue weighted by molar-refractivity contribution is -0.125. The van der Waals surface area contributed by atoms with Crippen molar-refractivity contribution in [1.82, 2.24) is 10.2 Å². The zero-order valence-electron chi connectivity index (χ0n) is 13.4. The van der Waals surface area contributed by atoms with Crippen LogP contribution >= 0.6 is 0 Å². The lowest BCUT2D eigenvalue weighted by Gasteiger charge is -2.22. The van der Waals surface area contributed by atoms with Gasteiger partial charge in [-0.2, -0.15) is 0 Å². The largest absolute Gasteiger partial charge is 0.497 e. The Balaban J connectivity index is 1.75. The molecular weight excluding hydrogens is 300 g/mol. The summed E-state index contributed by atoms with van der Waals surface area (Å²) < 4.78 is 15.4. The van der Waals surface area contributed by atoms with Crippen molar-refractivity contribution in [3.05, 3.63) is 24.3 Å². The van der Waals surface area contributed by atoms with E-state index >= 15 is 0 Å². The normalized spacial score (nSPS) is 16.8. The minimum absolute atomic E-state index is 0.179. The van der Waals surface area contributed by atoms with E-state index in [1.165, 1.54) is 12.0 Å². The molecule has 1 aromatic rings. The van der Waals surface area contributed by atoms with Crippen LogP contribution in [0.5, 0.6) is 11.5 Å². The molecule has 0 radical (unpaired) electrons. The van der Waals surface area contributed by atoms with Crippen molar-refractivity contribution in [2.45, 2.75) is 18.9 Å². The van der Waals surface area contributed by atoms with Gasteiger partial charge < -0.3 is 19.5 Å². The van der Waals surface area contributed by atoms with E-state index in [0.29, 0.717) is 37.6 Å². The second kappa shape index (κ2) is 8.26. The SMILES string of the molecule is COC(=O)N1CCC[C@H]1C(=O)NCCOc1cccc(OC)c1. The van der Waals surface area contributed by atoms with E-state index in [-0.39, 0.29) is 5.91 Å². The fraction of sp³-hybridized carbons (Fsp3) is 0.500. The molecule has 0 spiro atoms. The van der Waals surface area contributed by atoms with Crippen LogP contribution in [0.15, 0.2) is 24.3 Å². The molecule has 1 N–H and O–H groups in total. The van der Waals surface area contributed by atoms with E-state index in [2.05, 4.69) is 5.32 Å². The lowest BCUT2D eigenvalue weighted by atomic mass is 10.2. The van der Waals surface area contributed by atoms with Gasteiger partial charge in [-0.15, -0.1) is 0 Å². The monoisotopic (exact) mass is 322 g/mol. The number of hydrogen-bond acceptors (Lipinski definition) is 5. The van der Waals surface area contributed by atoms with E-state index in [1.54, 1.807) is 13.2 Å². The highest BCUT2D eigenvalue weighted by Gasteiger charge is 2.34. The number of rotatable bonds is 6. The van der Waals surface area contributed by atoms with Crippen LogP contribution in [-0.4, -0.2) is 56.9 Å². The minimum atomic E-state index is -0.463. The standard InChI is InChI=1S/C16H22N2O5/c1-21-12-5-3-6-13(11-12)23-10-8-17-15(19)14-7-4-9-18(14)16(20)22-2/h3,5-6,11,14H,4,7-10H2,1-2H3,(H,17,19)/t14-/m0/s1. The Kier molecular flexibility index (Phi) is 6.08. The number of nitrogens with zero attached hydrogens (tertiary/aromatic N) is 1. The Bertz CT molecular complexity index is 549. The van der Waals surface area contributed by atoms with Gasteiger partial charge in [0.25, 0.3) is 0 Å². The maximum atomic E-state index is 12.2. The molecule has 7 heteroatoms. The Morgan fingerprint density at radius 2 is 2.09 bits per heavy atom.